The molecule has 2 heterocycles. The van der Waals surface area contributed by atoms with Gasteiger partial charge in [-0.05, 0) is 60.7 Å². The lowest BCUT2D eigenvalue weighted by atomic mass is 9.98. The minimum absolute atomic E-state index is 0.172. The number of hydrogen-bond donors (Lipinski definition) is 3. The lowest BCUT2D eigenvalue weighted by Gasteiger charge is -2.17. The number of aliphatic carboxylic acids is 1. The number of nitrogens with zero attached hydrogens (tertiary/aromatic N) is 1. The smallest absolute Gasteiger partial charge is 0.326 e. The topological polar surface area (TPSA) is 104 Å². The average molecular weight is 498 g/mol. The molecular weight excluding hydrogens is 466 g/mol. The van der Waals surface area contributed by atoms with Gasteiger partial charge in [-0.25, -0.2) is 9.78 Å². The number of carbonyl (C=O) groups is 2. The number of hydrogen-bond acceptors (Lipinski definition) is 5. The fraction of sp³-hybridized carbons (Fsp3) is 0.233. The number of nitrogens with one attached hydrogen (secondary N) is 2. The molecule has 37 heavy (non-hydrogen) atoms. The van der Waals surface area contributed by atoms with Gasteiger partial charge in [0.1, 0.15) is 17.6 Å². The predicted octanol–water partition coefficient (Wildman–Crippen LogP) is 5.56. The maximum atomic E-state index is 13.0. The summed E-state index contributed by atoms with van der Waals surface area (Å²) in [5.74, 6) is 0.0858. The van der Waals surface area contributed by atoms with Crippen LogP contribution in [0.15, 0.2) is 77.5 Å². The Labute approximate surface area is 216 Å². The number of amides is 1. The molecule has 0 spiro atoms. The van der Waals surface area contributed by atoms with Crippen molar-refractivity contribution in [3.63, 3.8) is 0 Å². The summed E-state index contributed by atoms with van der Waals surface area (Å²) < 4.78 is 5.75. The van der Waals surface area contributed by atoms with Crippen molar-refractivity contribution in [3.05, 3.63) is 107 Å². The molecule has 0 radical (unpaired) electrons. The Morgan fingerprint density at radius 2 is 1.81 bits per heavy atom. The molecule has 0 saturated heterocycles. The zero-order chi connectivity index (χ0) is 26.4. The zero-order valence-electron chi connectivity index (χ0n) is 21.2. The summed E-state index contributed by atoms with van der Waals surface area (Å²) in [6, 6.07) is 18.0. The van der Waals surface area contributed by atoms with Crippen molar-refractivity contribution in [2.75, 3.05) is 5.32 Å². The third-order valence-electron chi connectivity index (χ3n) is 6.29. The van der Waals surface area contributed by atoms with Crippen LogP contribution in [-0.2, 0) is 24.2 Å². The molecule has 1 atom stereocenters. The van der Waals surface area contributed by atoms with Gasteiger partial charge in [-0.2, -0.15) is 0 Å². The van der Waals surface area contributed by atoms with E-state index in [0.29, 0.717) is 18.5 Å². The van der Waals surface area contributed by atoms with Crippen LogP contribution in [0.2, 0.25) is 0 Å². The Bertz CT molecular complexity index is 1390. The number of pyridine rings is 1. The van der Waals surface area contributed by atoms with Crippen LogP contribution in [0.1, 0.15) is 45.1 Å². The van der Waals surface area contributed by atoms with Crippen molar-refractivity contribution in [1.29, 1.82) is 0 Å². The highest BCUT2D eigenvalue weighted by atomic mass is 16.4. The minimum atomic E-state index is -1.07. The third kappa shape index (κ3) is 6.44. The van der Waals surface area contributed by atoms with Crippen LogP contribution < -0.4 is 10.6 Å². The van der Waals surface area contributed by atoms with E-state index in [1.807, 2.05) is 81.4 Å². The lowest BCUT2D eigenvalue weighted by Crippen LogP contribution is -2.42. The maximum absolute atomic E-state index is 13.0. The molecule has 0 aliphatic carbocycles. The fourth-order valence-electron chi connectivity index (χ4n) is 4.26. The van der Waals surface area contributed by atoms with Crippen LogP contribution in [0, 0.1) is 13.8 Å². The second-order valence-electron chi connectivity index (χ2n) is 9.12. The third-order valence-corrected chi connectivity index (χ3v) is 6.29. The number of carboxylic acids is 1. The summed E-state index contributed by atoms with van der Waals surface area (Å²) in [6.07, 6.45) is 4.34. The van der Waals surface area contributed by atoms with Crippen LogP contribution >= 0.6 is 0 Å². The first kappa shape index (κ1) is 25.7. The molecule has 0 saturated carbocycles. The Morgan fingerprint density at radius 1 is 1.03 bits per heavy atom. The number of anilines is 1. The number of furan rings is 1. The minimum Gasteiger partial charge on any atom is -0.480 e. The van der Waals surface area contributed by atoms with Gasteiger partial charge in [-0.1, -0.05) is 49.4 Å². The number of rotatable bonds is 10. The van der Waals surface area contributed by atoms with Gasteiger partial charge in [0.05, 0.1) is 6.26 Å². The van der Waals surface area contributed by atoms with Crippen LogP contribution in [0.4, 0.5) is 5.82 Å². The first-order valence-electron chi connectivity index (χ1n) is 12.3. The molecule has 7 heteroatoms. The van der Waals surface area contributed by atoms with Crippen molar-refractivity contribution in [1.82, 2.24) is 10.3 Å². The van der Waals surface area contributed by atoms with Gasteiger partial charge in [0.2, 0.25) is 0 Å². The molecule has 190 valence electrons. The number of carbonyl (C=O) groups excluding carboxylic acids is 1. The van der Waals surface area contributed by atoms with E-state index in [9.17, 15) is 14.7 Å². The molecule has 0 bridgehead atoms. The molecule has 4 rings (SSSR count). The van der Waals surface area contributed by atoms with Crippen LogP contribution in [0.25, 0.3) is 11.3 Å². The Kier molecular flexibility index (Phi) is 8.03. The molecule has 2 aromatic carbocycles. The molecule has 0 aliphatic heterocycles. The molecule has 4 aromatic rings. The molecule has 0 fully saturated rings. The quantitative estimate of drug-likeness (QED) is 0.265. The van der Waals surface area contributed by atoms with Crippen molar-refractivity contribution in [2.45, 2.75) is 46.2 Å². The number of carboxylic acid groups (broad SMARTS) is 1. The van der Waals surface area contributed by atoms with Crippen LogP contribution in [-0.4, -0.2) is 28.0 Å². The van der Waals surface area contributed by atoms with Crippen molar-refractivity contribution in [3.8, 4) is 11.3 Å². The van der Waals surface area contributed by atoms with E-state index in [1.54, 1.807) is 12.5 Å². The van der Waals surface area contributed by atoms with E-state index in [2.05, 4.69) is 15.6 Å². The second-order valence-corrected chi connectivity index (χ2v) is 9.12. The zero-order valence-corrected chi connectivity index (χ0v) is 21.2. The summed E-state index contributed by atoms with van der Waals surface area (Å²) in [6.45, 7) is 6.43. The van der Waals surface area contributed by atoms with E-state index >= 15 is 0 Å². The lowest BCUT2D eigenvalue weighted by molar-refractivity contribution is -0.139. The standard InChI is InChI=1S/C30H31N3O4/c1-4-23-7-5-6-20(3)28(23)29(34)33-25(30(35)36)15-21-8-10-24(11-9-21)26-16-22(18-37-26)17-32-27-14-19(2)12-13-31-27/h5-14,16,18,25H,4,15,17H2,1-3H3,(H,31,32)(H,33,34)(H,35,36)/t25-/m0/s1. The van der Waals surface area contributed by atoms with E-state index in [-0.39, 0.29) is 12.3 Å². The number of aryl methyl sites for hydroxylation is 3. The Morgan fingerprint density at radius 3 is 2.51 bits per heavy atom. The normalized spacial score (nSPS) is 11.6. The highest BCUT2D eigenvalue weighted by Crippen LogP contribution is 2.24. The maximum Gasteiger partial charge on any atom is 0.326 e. The molecule has 7 nitrogen and oxygen atoms in total. The molecule has 0 aliphatic rings. The Balaban J connectivity index is 1.40. The summed E-state index contributed by atoms with van der Waals surface area (Å²) in [4.78, 5) is 29.2. The summed E-state index contributed by atoms with van der Waals surface area (Å²) in [5.41, 5.74) is 6.08. The van der Waals surface area contributed by atoms with E-state index < -0.39 is 12.0 Å². The molecule has 3 N–H and O–H groups in total. The first-order chi connectivity index (χ1) is 17.8. The molecular formula is C30H31N3O4. The van der Waals surface area contributed by atoms with Crippen molar-refractivity contribution in [2.24, 2.45) is 0 Å². The molecule has 0 unspecified atom stereocenters. The van der Waals surface area contributed by atoms with Crippen molar-refractivity contribution >= 4 is 17.7 Å². The van der Waals surface area contributed by atoms with Gasteiger partial charge in [-0.15, -0.1) is 0 Å². The average Bonchev–Trinajstić information content (AvgIpc) is 3.36. The molecule has 1 amide bonds. The fourth-order valence-corrected chi connectivity index (χ4v) is 4.26. The second kappa shape index (κ2) is 11.6. The molecule has 2 aromatic heterocycles. The first-order valence-corrected chi connectivity index (χ1v) is 12.3. The summed E-state index contributed by atoms with van der Waals surface area (Å²) in [5, 5.41) is 15.8. The SMILES string of the molecule is CCc1cccc(C)c1C(=O)N[C@@H](Cc1ccc(-c2cc(CNc3cc(C)ccn3)co2)cc1)C(=O)O. The van der Waals surface area contributed by atoms with Gasteiger partial charge in [0.25, 0.3) is 5.91 Å². The van der Waals surface area contributed by atoms with E-state index in [4.69, 9.17) is 4.42 Å². The van der Waals surface area contributed by atoms with Gasteiger partial charge in [0.15, 0.2) is 0 Å². The number of aromatic nitrogens is 1. The number of benzene rings is 2. The predicted molar refractivity (Wildman–Crippen MR) is 144 cm³/mol. The largest absolute Gasteiger partial charge is 0.480 e. The van der Waals surface area contributed by atoms with E-state index in [0.717, 1.165) is 45.0 Å². The van der Waals surface area contributed by atoms with Crippen molar-refractivity contribution < 1.29 is 19.1 Å². The van der Waals surface area contributed by atoms with Gasteiger partial charge in [-0.3, -0.25) is 4.79 Å². The van der Waals surface area contributed by atoms with E-state index in [1.165, 1.54) is 0 Å². The van der Waals surface area contributed by atoms with Gasteiger partial charge >= 0.3 is 5.97 Å². The highest BCUT2D eigenvalue weighted by molar-refractivity contribution is 5.99. The summed E-state index contributed by atoms with van der Waals surface area (Å²) in [7, 11) is 0. The monoisotopic (exact) mass is 497 g/mol. The van der Waals surface area contributed by atoms with Gasteiger partial charge < -0.3 is 20.2 Å². The summed E-state index contributed by atoms with van der Waals surface area (Å²) >= 11 is 0. The van der Waals surface area contributed by atoms with Crippen LogP contribution in [0.3, 0.4) is 0 Å². The Hall–Kier alpha value is -4.39. The van der Waals surface area contributed by atoms with Gasteiger partial charge in [0, 0.05) is 35.9 Å². The highest BCUT2D eigenvalue weighted by Gasteiger charge is 2.23. The van der Waals surface area contributed by atoms with Crippen LogP contribution in [0.5, 0.6) is 0 Å².